The largest absolute Gasteiger partial charge is 0.378 e. The zero-order valence-electron chi connectivity index (χ0n) is 10.1. The predicted molar refractivity (Wildman–Crippen MR) is 65.4 cm³/mol. The number of nitrogens with zero attached hydrogens (tertiary/aromatic N) is 1. The lowest BCUT2D eigenvalue weighted by molar-refractivity contribution is 0.0392. The summed E-state index contributed by atoms with van der Waals surface area (Å²) in [6.07, 6.45) is 0. The van der Waals surface area contributed by atoms with Crippen LogP contribution in [0.5, 0.6) is 0 Å². The van der Waals surface area contributed by atoms with Crippen molar-refractivity contribution in [2.45, 2.75) is 24.8 Å². The summed E-state index contributed by atoms with van der Waals surface area (Å²) in [6.45, 7) is 5.05. The van der Waals surface area contributed by atoms with Gasteiger partial charge in [-0.15, -0.1) is 0 Å². The fraction of sp³-hybridized carbons (Fsp3) is 0.500. The second-order valence-corrected chi connectivity index (χ2v) is 6.16. The molecule has 0 aliphatic carbocycles. The third-order valence-corrected chi connectivity index (χ3v) is 5.16. The molecule has 0 amide bonds. The van der Waals surface area contributed by atoms with E-state index >= 15 is 0 Å². The molecule has 0 bridgehead atoms. The van der Waals surface area contributed by atoms with Crippen LogP contribution in [-0.2, 0) is 14.8 Å². The van der Waals surface area contributed by atoms with Crippen molar-refractivity contribution in [1.29, 1.82) is 0 Å². The molecule has 0 aromatic heterocycles. The number of benzene rings is 1. The zero-order valence-corrected chi connectivity index (χ0v) is 10.9. The van der Waals surface area contributed by atoms with Gasteiger partial charge in [0.25, 0.3) is 0 Å². The van der Waals surface area contributed by atoms with Crippen LogP contribution in [0.25, 0.3) is 0 Å². The van der Waals surface area contributed by atoms with Crippen molar-refractivity contribution < 1.29 is 13.2 Å². The predicted octanol–water partition coefficient (Wildman–Crippen LogP) is 1.40. The van der Waals surface area contributed by atoms with E-state index in [0.717, 1.165) is 5.56 Å². The van der Waals surface area contributed by atoms with Crippen LogP contribution in [0.2, 0.25) is 0 Å². The van der Waals surface area contributed by atoms with Crippen LogP contribution in [-0.4, -0.2) is 38.5 Å². The van der Waals surface area contributed by atoms with Gasteiger partial charge in [-0.2, -0.15) is 4.31 Å². The lowest BCUT2D eigenvalue weighted by Crippen LogP contribution is -2.47. The van der Waals surface area contributed by atoms with Crippen LogP contribution in [0.15, 0.2) is 29.2 Å². The summed E-state index contributed by atoms with van der Waals surface area (Å²) in [5.41, 5.74) is 0.784. The number of aryl methyl sites for hydroxylation is 1. The van der Waals surface area contributed by atoms with Crippen LogP contribution < -0.4 is 0 Å². The maximum Gasteiger partial charge on any atom is 0.243 e. The Balaban J connectivity index is 2.39. The van der Waals surface area contributed by atoms with Gasteiger partial charge in [0.05, 0.1) is 18.1 Å². The van der Waals surface area contributed by atoms with Crippen molar-refractivity contribution in [2.24, 2.45) is 0 Å². The molecule has 2 rings (SSSR count). The molecule has 1 atom stereocenters. The van der Waals surface area contributed by atoms with E-state index in [9.17, 15) is 8.42 Å². The Bertz CT molecular complexity index is 498. The van der Waals surface area contributed by atoms with Gasteiger partial charge in [-0.3, -0.25) is 0 Å². The van der Waals surface area contributed by atoms with Gasteiger partial charge in [0.2, 0.25) is 10.0 Å². The Kier molecular flexibility index (Phi) is 3.51. The summed E-state index contributed by atoms with van der Waals surface area (Å²) in [7, 11) is -3.39. The first-order valence-corrected chi connectivity index (χ1v) is 7.12. The van der Waals surface area contributed by atoms with Crippen LogP contribution in [0.3, 0.4) is 0 Å². The Hall–Kier alpha value is -0.910. The standard InChI is InChI=1S/C12H17NO3S/c1-10-5-3-4-6-12(10)17(14,15)13-7-8-16-9-11(13)2/h3-6,11H,7-9H2,1-2H3/t11-/m1/s1. The number of ether oxygens (including phenoxy) is 1. The van der Waals surface area contributed by atoms with Gasteiger partial charge in [-0.05, 0) is 25.5 Å². The highest BCUT2D eigenvalue weighted by Gasteiger charge is 2.32. The van der Waals surface area contributed by atoms with E-state index in [0.29, 0.717) is 24.7 Å². The highest BCUT2D eigenvalue weighted by Crippen LogP contribution is 2.22. The second kappa shape index (κ2) is 4.76. The van der Waals surface area contributed by atoms with E-state index in [1.807, 2.05) is 26.0 Å². The molecule has 94 valence electrons. The molecular formula is C12H17NO3S. The molecule has 1 aromatic rings. The third-order valence-electron chi connectivity index (χ3n) is 2.99. The van der Waals surface area contributed by atoms with E-state index in [4.69, 9.17) is 4.74 Å². The fourth-order valence-electron chi connectivity index (χ4n) is 2.04. The average Bonchev–Trinajstić information content (AvgIpc) is 2.29. The molecule has 1 aliphatic heterocycles. The quantitative estimate of drug-likeness (QED) is 0.802. The van der Waals surface area contributed by atoms with Crippen LogP contribution in [0.1, 0.15) is 12.5 Å². The first-order chi connectivity index (χ1) is 8.03. The van der Waals surface area contributed by atoms with E-state index < -0.39 is 10.0 Å². The summed E-state index contributed by atoms with van der Waals surface area (Å²) in [5, 5.41) is 0. The van der Waals surface area contributed by atoms with Gasteiger partial charge in [0.15, 0.2) is 0 Å². The van der Waals surface area contributed by atoms with Crippen molar-refractivity contribution in [3.8, 4) is 0 Å². The molecule has 1 saturated heterocycles. The van der Waals surface area contributed by atoms with Crippen molar-refractivity contribution in [3.05, 3.63) is 29.8 Å². The molecule has 1 fully saturated rings. The van der Waals surface area contributed by atoms with Gasteiger partial charge >= 0.3 is 0 Å². The summed E-state index contributed by atoms with van der Waals surface area (Å²) < 4.78 is 31.8. The molecule has 1 aromatic carbocycles. The Morgan fingerprint density at radius 3 is 2.71 bits per heavy atom. The maximum atomic E-state index is 12.5. The highest BCUT2D eigenvalue weighted by atomic mass is 32.2. The number of hydrogen-bond donors (Lipinski definition) is 0. The van der Waals surface area contributed by atoms with Gasteiger partial charge in [-0.1, -0.05) is 18.2 Å². The molecule has 4 nitrogen and oxygen atoms in total. The van der Waals surface area contributed by atoms with Crippen LogP contribution in [0, 0.1) is 6.92 Å². The minimum atomic E-state index is -3.39. The Morgan fingerprint density at radius 1 is 1.35 bits per heavy atom. The molecule has 1 aliphatic rings. The number of sulfonamides is 1. The minimum absolute atomic E-state index is 0.103. The summed E-state index contributed by atoms with van der Waals surface area (Å²) in [4.78, 5) is 0.397. The Morgan fingerprint density at radius 2 is 2.06 bits per heavy atom. The molecule has 0 radical (unpaired) electrons. The molecule has 0 saturated carbocycles. The lowest BCUT2D eigenvalue weighted by atomic mass is 10.2. The SMILES string of the molecule is Cc1ccccc1S(=O)(=O)N1CCOC[C@H]1C. The smallest absolute Gasteiger partial charge is 0.243 e. The maximum absolute atomic E-state index is 12.5. The van der Waals surface area contributed by atoms with Gasteiger partial charge < -0.3 is 4.74 Å². The van der Waals surface area contributed by atoms with E-state index in [1.54, 1.807) is 12.1 Å². The number of hydrogen-bond acceptors (Lipinski definition) is 3. The van der Waals surface area contributed by atoms with Crippen LogP contribution >= 0.6 is 0 Å². The molecule has 0 N–H and O–H groups in total. The summed E-state index contributed by atoms with van der Waals surface area (Å²) in [5.74, 6) is 0. The Labute approximate surface area is 102 Å². The number of rotatable bonds is 2. The van der Waals surface area contributed by atoms with Gasteiger partial charge in [0, 0.05) is 12.6 Å². The van der Waals surface area contributed by atoms with Crippen molar-refractivity contribution >= 4 is 10.0 Å². The topological polar surface area (TPSA) is 46.6 Å². The highest BCUT2D eigenvalue weighted by molar-refractivity contribution is 7.89. The first kappa shape index (κ1) is 12.5. The third kappa shape index (κ3) is 2.36. The van der Waals surface area contributed by atoms with Gasteiger partial charge in [-0.25, -0.2) is 8.42 Å². The molecule has 17 heavy (non-hydrogen) atoms. The normalized spacial score (nSPS) is 22.6. The lowest BCUT2D eigenvalue weighted by Gasteiger charge is -2.32. The van der Waals surface area contributed by atoms with E-state index in [1.165, 1.54) is 4.31 Å². The average molecular weight is 255 g/mol. The molecule has 0 unspecified atom stereocenters. The molecular weight excluding hydrogens is 238 g/mol. The monoisotopic (exact) mass is 255 g/mol. The van der Waals surface area contributed by atoms with E-state index in [-0.39, 0.29) is 6.04 Å². The van der Waals surface area contributed by atoms with E-state index in [2.05, 4.69) is 0 Å². The van der Waals surface area contributed by atoms with Crippen molar-refractivity contribution in [3.63, 3.8) is 0 Å². The molecule has 0 spiro atoms. The van der Waals surface area contributed by atoms with Crippen LogP contribution in [0.4, 0.5) is 0 Å². The summed E-state index contributed by atoms with van der Waals surface area (Å²) >= 11 is 0. The summed E-state index contributed by atoms with van der Waals surface area (Å²) in [6, 6.07) is 6.97. The van der Waals surface area contributed by atoms with Crippen molar-refractivity contribution in [2.75, 3.05) is 19.8 Å². The minimum Gasteiger partial charge on any atom is -0.378 e. The second-order valence-electron chi connectivity index (χ2n) is 4.31. The van der Waals surface area contributed by atoms with Crippen molar-refractivity contribution in [1.82, 2.24) is 4.31 Å². The molecule has 5 heteroatoms. The zero-order chi connectivity index (χ0) is 12.5. The van der Waals surface area contributed by atoms with Gasteiger partial charge in [0.1, 0.15) is 0 Å². The number of morpholine rings is 1. The first-order valence-electron chi connectivity index (χ1n) is 5.68. The fourth-order valence-corrected chi connectivity index (χ4v) is 3.87. The molecule has 1 heterocycles.